The predicted octanol–water partition coefficient (Wildman–Crippen LogP) is 5.24. The summed E-state index contributed by atoms with van der Waals surface area (Å²) in [4.78, 5) is 1.70. The number of hydrogen-bond donors (Lipinski definition) is 2. The summed E-state index contributed by atoms with van der Waals surface area (Å²) in [5, 5.41) is 42.0. The Morgan fingerprint density at radius 2 is 1.79 bits per heavy atom. The average Bonchev–Trinajstić information content (AvgIpc) is 3.51. The van der Waals surface area contributed by atoms with Crippen molar-refractivity contribution in [1.29, 1.82) is 10.5 Å². The van der Waals surface area contributed by atoms with E-state index in [2.05, 4.69) is 40.2 Å². The summed E-state index contributed by atoms with van der Waals surface area (Å²) in [7, 11) is 0. The number of nitriles is 2. The third-order valence-corrected chi connectivity index (χ3v) is 8.25. The Hall–Kier alpha value is -3.63. The molecule has 0 bridgehead atoms. The third kappa shape index (κ3) is 5.32. The van der Waals surface area contributed by atoms with E-state index in [1.165, 1.54) is 11.8 Å². The van der Waals surface area contributed by atoms with Crippen molar-refractivity contribution in [3.05, 3.63) is 65.7 Å². The molecule has 1 aliphatic carbocycles. The first-order valence-electron chi connectivity index (χ1n) is 12.9. The molecule has 3 heterocycles. The predicted molar refractivity (Wildman–Crippen MR) is 147 cm³/mol. The smallest absolute Gasteiger partial charge is 0.103 e. The highest BCUT2D eigenvalue weighted by atomic mass is 32.2. The number of nitrogens with zero attached hydrogens (tertiary/aromatic N) is 6. The van der Waals surface area contributed by atoms with E-state index in [0.29, 0.717) is 29.8 Å². The van der Waals surface area contributed by atoms with Crippen molar-refractivity contribution in [3.63, 3.8) is 0 Å². The molecule has 0 atom stereocenters. The van der Waals surface area contributed by atoms with Crippen molar-refractivity contribution >= 4 is 17.3 Å². The monoisotopic (exact) mass is 525 g/mol. The third-order valence-electron chi connectivity index (χ3n) is 7.15. The van der Waals surface area contributed by atoms with Gasteiger partial charge < -0.3 is 10.4 Å². The Bertz CT molecular complexity index is 1540. The van der Waals surface area contributed by atoms with Crippen molar-refractivity contribution in [3.8, 4) is 23.3 Å². The minimum atomic E-state index is -0.707. The van der Waals surface area contributed by atoms with Crippen LogP contribution in [0.1, 0.15) is 62.4 Å². The van der Waals surface area contributed by atoms with Gasteiger partial charge in [-0.3, -0.25) is 4.68 Å². The highest BCUT2D eigenvalue weighted by Crippen LogP contribution is 2.38. The van der Waals surface area contributed by atoms with Gasteiger partial charge in [-0.15, -0.1) is 0 Å². The maximum atomic E-state index is 10.0. The van der Waals surface area contributed by atoms with Crippen LogP contribution in [0.5, 0.6) is 0 Å². The van der Waals surface area contributed by atoms with E-state index in [4.69, 9.17) is 5.10 Å². The van der Waals surface area contributed by atoms with Crippen LogP contribution in [0.25, 0.3) is 16.6 Å². The zero-order chi connectivity index (χ0) is 26.9. The van der Waals surface area contributed by atoms with E-state index >= 15 is 0 Å². The van der Waals surface area contributed by atoms with Crippen molar-refractivity contribution in [1.82, 2.24) is 24.7 Å². The van der Waals surface area contributed by atoms with Crippen LogP contribution < -0.4 is 5.32 Å². The Morgan fingerprint density at radius 3 is 2.50 bits per heavy atom. The quantitative estimate of drug-likeness (QED) is 0.339. The molecule has 3 aromatic heterocycles. The Balaban J connectivity index is 1.44. The first-order valence-corrected chi connectivity index (χ1v) is 13.7. The summed E-state index contributed by atoms with van der Waals surface area (Å²) < 4.78 is 3.90. The lowest BCUT2D eigenvalue weighted by atomic mass is 9.90. The van der Waals surface area contributed by atoms with Crippen LogP contribution in [0.15, 0.2) is 58.7 Å². The highest BCUT2D eigenvalue weighted by molar-refractivity contribution is 7.99. The van der Waals surface area contributed by atoms with Gasteiger partial charge in [0.1, 0.15) is 12.1 Å². The number of hydrogen-bond acceptors (Lipinski definition) is 7. The standard InChI is InChI=1S/C29H31N7OS/c1-19-25(16-34-36(19)24-10-8-23(9-11-24)32-18-29(2,3)37)21-12-27(28-22(14-31)15-33-35(28)17-21)38-26-7-5-4-6-20(26)13-30/h4-7,12,15-17,23-24,32,37H,8-11,18H2,1-3H3/t23-,24+. The van der Waals surface area contributed by atoms with Gasteiger partial charge in [0.05, 0.1) is 40.7 Å². The molecular weight excluding hydrogens is 494 g/mol. The molecule has 194 valence electrons. The molecule has 0 radical (unpaired) electrons. The summed E-state index contributed by atoms with van der Waals surface area (Å²) in [6.07, 6.45) is 9.60. The Labute approximate surface area is 226 Å². The van der Waals surface area contributed by atoms with Gasteiger partial charge >= 0.3 is 0 Å². The van der Waals surface area contributed by atoms with Crippen LogP contribution in [0.2, 0.25) is 0 Å². The molecule has 0 unspecified atom stereocenters. The summed E-state index contributed by atoms with van der Waals surface area (Å²) >= 11 is 1.47. The lowest BCUT2D eigenvalue weighted by Gasteiger charge is -2.31. The Morgan fingerprint density at radius 1 is 1.05 bits per heavy atom. The second kappa shape index (κ2) is 10.6. The molecule has 1 saturated carbocycles. The van der Waals surface area contributed by atoms with E-state index < -0.39 is 5.60 Å². The van der Waals surface area contributed by atoms with Gasteiger partial charge in [0, 0.05) is 45.4 Å². The van der Waals surface area contributed by atoms with Crippen LogP contribution >= 0.6 is 11.8 Å². The molecule has 0 spiro atoms. The molecule has 9 heteroatoms. The van der Waals surface area contributed by atoms with Crippen LogP contribution in [0, 0.1) is 29.6 Å². The molecule has 5 rings (SSSR count). The van der Waals surface area contributed by atoms with Gasteiger partial charge in [-0.05, 0) is 64.7 Å². The van der Waals surface area contributed by atoms with E-state index in [0.717, 1.165) is 57.8 Å². The lowest BCUT2D eigenvalue weighted by molar-refractivity contribution is 0.0735. The minimum absolute atomic E-state index is 0.332. The number of fused-ring (bicyclic) bond motifs is 1. The maximum absolute atomic E-state index is 10.0. The molecule has 8 nitrogen and oxygen atoms in total. The van der Waals surface area contributed by atoms with Crippen molar-refractivity contribution in [2.75, 3.05) is 6.54 Å². The zero-order valence-corrected chi connectivity index (χ0v) is 22.7. The minimum Gasteiger partial charge on any atom is -0.389 e. The fourth-order valence-corrected chi connectivity index (χ4v) is 6.24. The maximum Gasteiger partial charge on any atom is 0.103 e. The number of aliphatic hydroxyl groups is 1. The van der Waals surface area contributed by atoms with Crippen molar-refractivity contribution < 1.29 is 5.11 Å². The molecule has 1 aromatic carbocycles. The number of rotatable bonds is 7. The molecule has 0 amide bonds. The molecule has 2 N–H and O–H groups in total. The van der Waals surface area contributed by atoms with Gasteiger partial charge in [0.15, 0.2) is 0 Å². The van der Waals surface area contributed by atoms with Crippen molar-refractivity contribution in [2.45, 2.75) is 73.9 Å². The molecule has 1 fully saturated rings. The molecule has 0 aliphatic heterocycles. The first kappa shape index (κ1) is 26.0. The lowest BCUT2D eigenvalue weighted by Crippen LogP contribution is -2.42. The highest BCUT2D eigenvalue weighted by Gasteiger charge is 2.26. The molecule has 38 heavy (non-hydrogen) atoms. The summed E-state index contributed by atoms with van der Waals surface area (Å²) in [5.74, 6) is 0. The fraction of sp³-hybridized carbons (Fsp3) is 0.379. The Kier molecular flexibility index (Phi) is 7.27. The van der Waals surface area contributed by atoms with Gasteiger partial charge in [0.25, 0.3) is 0 Å². The zero-order valence-electron chi connectivity index (χ0n) is 21.8. The van der Waals surface area contributed by atoms with Gasteiger partial charge in [-0.2, -0.15) is 20.7 Å². The second-order valence-corrected chi connectivity index (χ2v) is 11.6. The first-order chi connectivity index (χ1) is 18.3. The topological polar surface area (TPSA) is 115 Å². The average molecular weight is 526 g/mol. The summed E-state index contributed by atoms with van der Waals surface area (Å²) in [5.41, 5.74) is 4.20. The SMILES string of the molecule is Cc1c(-c2cc(Sc3ccccc3C#N)c3c(C#N)cnn3c2)cnn1[C@H]1CC[C@@H](NCC(C)(C)O)CC1. The number of benzene rings is 1. The van der Waals surface area contributed by atoms with Crippen LogP contribution in [-0.2, 0) is 0 Å². The number of pyridine rings is 1. The largest absolute Gasteiger partial charge is 0.389 e. The van der Waals surface area contributed by atoms with Crippen LogP contribution in [-0.4, -0.2) is 42.7 Å². The molecule has 1 aliphatic rings. The van der Waals surface area contributed by atoms with E-state index in [1.54, 1.807) is 16.8 Å². The van der Waals surface area contributed by atoms with Crippen molar-refractivity contribution in [2.24, 2.45) is 0 Å². The van der Waals surface area contributed by atoms with Gasteiger partial charge in [-0.25, -0.2) is 4.52 Å². The fourth-order valence-electron chi connectivity index (χ4n) is 5.15. The summed E-state index contributed by atoms with van der Waals surface area (Å²) in [6.45, 7) is 6.35. The van der Waals surface area contributed by atoms with E-state index in [1.807, 2.05) is 44.4 Å². The number of nitrogens with one attached hydrogen (secondary N) is 1. The van der Waals surface area contributed by atoms with Crippen LogP contribution in [0.3, 0.4) is 0 Å². The molecule has 0 saturated heterocycles. The van der Waals surface area contributed by atoms with Gasteiger partial charge in [-0.1, -0.05) is 23.9 Å². The van der Waals surface area contributed by atoms with Gasteiger partial charge in [0.2, 0.25) is 0 Å². The van der Waals surface area contributed by atoms with Crippen LogP contribution in [0.4, 0.5) is 0 Å². The normalized spacial score (nSPS) is 17.8. The van der Waals surface area contributed by atoms with E-state index in [-0.39, 0.29) is 0 Å². The number of aromatic nitrogens is 4. The summed E-state index contributed by atoms with van der Waals surface area (Å²) in [6, 6.07) is 14.8. The molecular formula is C29H31N7OS. The van der Waals surface area contributed by atoms with E-state index in [9.17, 15) is 15.6 Å². The molecule has 4 aromatic rings. The second-order valence-electron chi connectivity index (χ2n) is 10.6.